The van der Waals surface area contributed by atoms with Crippen LogP contribution in [0.25, 0.3) is 10.6 Å². The van der Waals surface area contributed by atoms with Crippen LogP contribution < -0.4 is 5.32 Å². The van der Waals surface area contributed by atoms with Crippen molar-refractivity contribution >= 4 is 33.5 Å². The number of Topliss-reactive ketones (excluding diaryl/α,β-unsaturated/α-hetero) is 1. The number of ketones is 1. The molecule has 0 unspecified atom stereocenters. The molecule has 0 radical (unpaired) electrons. The van der Waals surface area contributed by atoms with Gasteiger partial charge in [0.1, 0.15) is 16.9 Å². The zero-order valence-corrected chi connectivity index (χ0v) is 13.9. The van der Waals surface area contributed by atoms with Crippen molar-refractivity contribution in [2.24, 2.45) is 0 Å². The Balaban J connectivity index is 1.44. The van der Waals surface area contributed by atoms with Crippen LogP contribution in [0.15, 0.2) is 36.4 Å². The molecule has 0 saturated carbocycles. The lowest BCUT2D eigenvalue weighted by atomic mass is 10.2. The zero-order valence-electron chi connectivity index (χ0n) is 13.1. The monoisotopic (exact) mass is 380 g/mol. The van der Waals surface area contributed by atoms with E-state index >= 15 is 0 Å². The van der Waals surface area contributed by atoms with E-state index in [1.807, 2.05) is 0 Å². The van der Waals surface area contributed by atoms with E-state index in [0.717, 1.165) is 27.4 Å². The second-order valence-electron chi connectivity index (χ2n) is 5.52. The first-order valence-electron chi connectivity index (χ1n) is 7.48. The van der Waals surface area contributed by atoms with Gasteiger partial charge in [0.2, 0.25) is 5.78 Å². The molecule has 0 atom stereocenters. The maximum absolute atomic E-state index is 12.9. The zero-order chi connectivity index (χ0) is 18.3. The second-order valence-corrected chi connectivity index (χ2v) is 6.37. The van der Waals surface area contributed by atoms with Gasteiger partial charge in [0.05, 0.1) is 18.7 Å². The van der Waals surface area contributed by atoms with Crippen LogP contribution >= 0.6 is 11.3 Å². The van der Waals surface area contributed by atoms with Crippen molar-refractivity contribution in [3.63, 3.8) is 0 Å². The molecule has 4 rings (SSSR count). The number of rotatable bonds is 5. The molecule has 26 heavy (non-hydrogen) atoms. The average molecular weight is 380 g/mol. The molecule has 0 aromatic carbocycles. The summed E-state index contributed by atoms with van der Waals surface area (Å²) < 4.78 is 41.3. The first-order chi connectivity index (χ1) is 12.4. The number of hydrogen-bond acceptors (Lipinski definition) is 6. The fourth-order valence-electron chi connectivity index (χ4n) is 2.53. The van der Waals surface area contributed by atoms with E-state index in [9.17, 15) is 18.0 Å². The molecule has 0 aliphatic heterocycles. The van der Waals surface area contributed by atoms with Crippen LogP contribution in [0, 0.1) is 0 Å². The molecule has 0 aliphatic rings. The predicted molar refractivity (Wildman–Crippen MR) is 88.3 cm³/mol. The molecule has 1 N–H and O–H groups in total. The average Bonchev–Trinajstić information content (AvgIpc) is 3.26. The molecule has 134 valence electrons. The van der Waals surface area contributed by atoms with E-state index in [2.05, 4.69) is 20.3 Å². The lowest BCUT2D eigenvalue weighted by Crippen LogP contribution is -2.16. The van der Waals surface area contributed by atoms with Gasteiger partial charge in [-0.2, -0.15) is 13.2 Å². The van der Waals surface area contributed by atoms with Gasteiger partial charge in [-0.1, -0.05) is 0 Å². The Bertz CT molecular complexity index is 1060. The molecule has 7 nitrogen and oxygen atoms in total. The summed E-state index contributed by atoms with van der Waals surface area (Å²) in [5.41, 5.74) is -0.220. The van der Waals surface area contributed by atoms with Gasteiger partial charge in [0.25, 0.3) is 0 Å². The number of fused-ring (bicyclic) bond motifs is 2. The van der Waals surface area contributed by atoms with Crippen molar-refractivity contribution in [3.8, 4) is 0 Å². The first kappa shape index (κ1) is 16.5. The summed E-state index contributed by atoms with van der Waals surface area (Å²) in [6, 6.07) is 1.75. The van der Waals surface area contributed by atoms with Crippen molar-refractivity contribution in [3.05, 3.63) is 47.8 Å². The van der Waals surface area contributed by atoms with E-state index in [4.69, 9.17) is 0 Å². The van der Waals surface area contributed by atoms with Crippen LogP contribution in [0.5, 0.6) is 0 Å². The highest BCUT2D eigenvalue weighted by molar-refractivity contribution is 7.16. The highest BCUT2D eigenvalue weighted by Crippen LogP contribution is 2.34. The van der Waals surface area contributed by atoms with E-state index < -0.39 is 11.9 Å². The number of halogens is 3. The largest absolute Gasteiger partial charge is 0.432 e. The summed E-state index contributed by atoms with van der Waals surface area (Å²) in [4.78, 5) is 24.7. The van der Waals surface area contributed by atoms with E-state index in [1.54, 1.807) is 29.1 Å². The Kier molecular flexibility index (Phi) is 3.87. The summed E-state index contributed by atoms with van der Waals surface area (Å²) in [6.45, 7) is -0.0623. The van der Waals surface area contributed by atoms with Gasteiger partial charge in [-0.25, -0.2) is 15.0 Å². The van der Waals surface area contributed by atoms with Crippen molar-refractivity contribution in [2.45, 2.75) is 12.6 Å². The third-order valence-electron chi connectivity index (χ3n) is 3.67. The Hall–Kier alpha value is -2.95. The summed E-state index contributed by atoms with van der Waals surface area (Å²) in [5, 5.41) is 3.82. The molecular weight excluding hydrogens is 369 g/mol. The molecule has 0 aliphatic carbocycles. The number of carbonyl (C=O) groups is 1. The van der Waals surface area contributed by atoms with Crippen LogP contribution in [0.1, 0.15) is 11.4 Å². The maximum Gasteiger partial charge on any atom is 0.432 e. The lowest BCUT2D eigenvalue weighted by Gasteiger charge is -2.03. The highest BCUT2D eigenvalue weighted by atomic mass is 32.1. The quantitative estimate of drug-likeness (QED) is 0.576. The Morgan fingerprint density at radius 3 is 2.92 bits per heavy atom. The van der Waals surface area contributed by atoms with Crippen LogP contribution in [-0.2, 0) is 17.4 Å². The Morgan fingerprint density at radius 1 is 1.31 bits per heavy atom. The van der Waals surface area contributed by atoms with Gasteiger partial charge in [-0.3, -0.25) is 13.6 Å². The van der Waals surface area contributed by atoms with Gasteiger partial charge in [0, 0.05) is 24.0 Å². The lowest BCUT2D eigenvalue weighted by molar-refractivity contribution is -0.141. The number of alkyl halides is 3. The van der Waals surface area contributed by atoms with Crippen LogP contribution in [-0.4, -0.2) is 36.1 Å². The maximum atomic E-state index is 12.9. The summed E-state index contributed by atoms with van der Waals surface area (Å²) >= 11 is 0.915. The van der Waals surface area contributed by atoms with Crippen molar-refractivity contribution < 1.29 is 18.0 Å². The fraction of sp³-hybridized carbons (Fsp3) is 0.200. The highest BCUT2D eigenvalue weighted by Gasteiger charge is 2.35. The SMILES string of the molecule is O=C(CNc1ncn2c(C(F)(F)F)csc12)Cc1cn2cccnc2n1. The van der Waals surface area contributed by atoms with E-state index in [1.165, 1.54) is 0 Å². The molecule has 4 aromatic rings. The summed E-state index contributed by atoms with van der Waals surface area (Å²) in [7, 11) is 0. The minimum Gasteiger partial charge on any atom is -0.360 e. The predicted octanol–water partition coefficient (Wildman–Crippen LogP) is 2.68. The Labute approximate surface area is 148 Å². The number of carbonyl (C=O) groups excluding carboxylic acids is 1. The second kappa shape index (κ2) is 6.09. The van der Waals surface area contributed by atoms with Crippen LogP contribution in [0.3, 0.4) is 0 Å². The number of thiazole rings is 1. The minimum absolute atomic E-state index is 0.0623. The molecular formula is C15H11F3N6OS. The molecule has 11 heteroatoms. The standard InChI is InChI=1S/C15H11F3N6OS/c16-15(17,18)11-7-26-13-12(21-8-24(11)13)20-5-10(25)4-9-6-23-3-1-2-19-14(23)22-9/h1-3,6-8,20H,4-5H2. The number of nitrogens with zero attached hydrogens (tertiary/aromatic N) is 5. The van der Waals surface area contributed by atoms with Crippen molar-refractivity contribution in [1.82, 2.24) is 23.8 Å². The minimum atomic E-state index is -4.46. The fourth-order valence-corrected chi connectivity index (χ4v) is 3.49. The van der Waals surface area contributed by atoms with E-state index in [-0.39, 0.29) is 24.6 Å². The molecule has 0 bridgehead atoms. The summed E-state index contributed by atoms with van der Waals surface area (Å²) in [5.74, 6) is 0.579. The number of nitrogens with one attached hydrogen (secondary N) is 1. The van der Waals surface area contributed by atoms with Gasteiger partial charge in [-0.05, 0) is 6.07 Å². The van der Waals surface area contributed by atoms with Crippen molar-refractivity contribution in [2.75, 3.05) is 11.9 Å². The topological polar surface area (TPSA) is 76.6 Å². The normalized spacial score (nSPS) is 12.1. The van der Waals surface area contributed by atoms with Gasteiger partial charge >= 0.3 is 6.18 Å². The van der Waals surface area contributed by atoms with Crippen LogP contribution in [0.4, 0.5) is 19.0 Å². The molecule has 4 heterocycles. The number of anilines is 1. The Morgan fingerprint density at radius 2 is 2.15 bits per heavy atom. The van der Waals surface area contributed by atoms with Gasteiger partial charge < -0.3 is 5.32 Å². The van der Waals surface area contributed by atoms with Gasteiger partial charge in [0.15, 0.2) is 11.6 Å². The van der Waals surface area contributed by atoms with Crippen molar-refractivity contribution in [1.29, 1.82) is 0 Å². The molecule has 0 amide bonds. The van der Waals surface area contributed by atoms with Crippen LogP contribution in [0.2, 0.25) is 0 Å². The third-order valence-corrected chi connectivity index (χ3v) is 4.63. The van der Waals surface area contributed by atoms with E-state index in [0.29, 0.717) is 16.3 Å². The molecule has 0 fully saturated rings. The third kappa shape index (κ3) is 3.01. The first-order valence-corrected chi connectivity index (χ1v) is 8.36. The smallest absolute Gasteiger partial charge is 0.360 e. The number of imidazole rings is 2. The molecule has 0 saturated heterocycles. The number of hydrogen-bond donors (Lipinski definition) is 1. The number of aromatic nitrogens is 5. The molecule has 4 aromatic heterocycles. The van der Waals surface area contributed by atoms with Gasteiger partial charge in [-0.15, -0.1) is 11.3 Å². The summed E-state index contributed by atoms with van der Waals surface area (Å²) in [6.07, 6.45) is 1.82. The molecule has 0 spiro atoms.